The van der Waals surface area contributed by atoms with E-state index < -0.39 is 16.6 Å². The zero-order valence-electron chi connectivity index (χ0n) is 16.2. The molecule has 26 heavy (non-hydrogen) atoms. The van der Waals surface area contributed by atoms with Crippen molar-refractivity contribution < 1.29 is 15.3 Å². The molecule has 4 aliphatic rings. The van der Waals surface area contributed by atoms with Gasteiger partial charge in [0.15, 0.2) is 0 Å². The smallest absolute Gasteiger partial charge is 0.0958 e. The van der Waals surface area contributed by atoms with Gasteiger partial charge in [0, 0.05) is 5.41 Å². The van der Waals surface area contributed by atoms with E-state index in [4.69, 9.17) is 23.2 Å². The van der Waals surface area contributed by atoms with Gasteiger partial charge in [-0.1, -0.05) is 13.8 Å². The van der Waals surface area contributed by atoms with Crippen molar-refractivity contribution >= 4 is 23.2 Å². The number of alkyl halides is 2. The van der Waals surface area contributed by atoms with Gasteiger partial charge in [0.1, 0.15) is 0 Å². The molecular weight excluding hydrogens is 371 g/mol. The number of fused-ring (bicyclic) bond motifs is 5. The highest BCUT2D eigenvalue weighted by atomic mass is 35.5. The average molecular weight is 405 g/mol. The van der Waals surface area contributed by atoms with E-state index in [1.165, 1.54) is 0 Å². The van der Waals surface area contributed by atoms with Crippen molar-refractivity contribution in [1.82, 2.24) is 0 Å². The van der Waals surface area contributed by atoms with Crippen LogP contribution in [-0.2, 0) is 0 Å². The minimum absolute atomic E-state index is 0.0734. The molecule has 0 aromatic rings. The Labute approximate surface area is 167 Å². The number of hydrogen-bond acceptors (Lipinski definition) is 3. The Hall–Kier alpha value is 0.460. The molecule has 0 radical (unpaired) electrons. The molecule has 5 heteroatoms. The predicted octanol–water partition coefficient (Wildman–Crippen LogP) is 4.08. The van der Waals surface area contributed by atoms with Crippen LogP contribution in [0.5, 0.6) is 0 Å². The summed E-state index contributed by atoms with van der Waals surface area (Å²) in [5, 5.41) is 31.8. The summed E-state index contributed by atoms with van der Waals surface area (Å²) in [6.45, 7) is 6.22. The van der Waals surface area contributed by atoms with Gasteiger partial charge in [0.25, 0.3) is 0 Å². The molecule has 3 nitrogen and oxygen atoms in total. The molecule has 4 aliphatic carbocycles. The highest BCUT2D eigenvalue weighted by Crippen LogP contribution is 2.71. The van der Waals surface area contributed by atoms with Gasteiger partial charge < -0.3 is 15.3 Å². The topological polar surface area (TPSA) is 60.7 Å². The van der Waals surface area contributed by atoms with Crippen LogP contribution in [0.15, 0.2) is 0 Å². The molecule has 4 fully saturated rings. The summed E-state index contributed by atoms with van der Waals surface area (Å²) >= 11 is 14.1. The Morgan fingerprint density at radius 3 is 2.23 bits per heavy atom. The van der Waals surface area contributed by atoms with Gasteiger partial charge in [-0.3, -0.25) is 0 Å². The standard InChI is InChI=1S/C21H34Cl2O3/c1-12(24)21(26)9-6-16-14-10-17(22)20(23)11-13(25)4-7-18(20,2)15(14)5-8-19(16,21)3/h12-17,24-26H,4-11H2,1-3H3/t12?,13?,14-,15+,16+,17?,18-,19+,20?,21+/m1/s1. The van der Waals surface area contributed by atoms with Gasteiger partial charge >= 0.3 is 0 Å². The SMILES string of the molecule is CC(O)[C@@]1(O)CC[C@H]2[C@@H]3CC(Cl)C4(Cl)CC(O)CC[C@]4(C)[C@H]3CC[C@@]21C. The molecule has 4 rings (SSSR count). The molecule has 3 N–H and O–H groups in total. The zero-order valence-corrected chi connectivity index (χ0v) is 17.7. The first-order valence-electron chi connectivity index (χ1n) is 10.4. The number of aliphatic hydroxyl groups excluding tert-OH is 2. The normalized spacial score (nSPS) is 60.7. The van der Waals surface area contributed by atoms with E-state index in [2.05, 4.69) is 13.8 Å². The first-order valence-corrected chi connectivity index (χ1v) is 11.2. The second kappa shape index (κ2) is 5.98. The van der Waals surface area contributed by atoms with Crippen LogP contribution in [-0.4, -0.2) is 43.4 Å². The van der Waals surface area contributed by atoms with Crippen LogP contribution in [0.3, 0.4) is 0 Å². The highest BCUT2D eigenvalue weighted by Gasteiger charge is 2.69. The summed E-state index contributed by atoms with van der Waals surface area (Å²) in [6.07, 6.45) is 5.69. The molecule has 0 spiro atoms. The molecule has 4 saturated carbocycles. The van der Waals surface area contributed by atoms with E-state index in [-0.39, 0.29) is 22.3 Å². The van der Waals surface area contributed by atoms with Gasteiger partial charge in [-0.25, -0.2) is 0 Å². The quantitative estimate of drug-likeness (QED) is 0.576. The first-order chi connectivity index (χ1) is 12.0. The molecule has 0 aromatic heterocycles. The molecule has 4 unspecified atom stereocenters. The third kappa shape index (κ3) is 2.24. The monoisotopic (exact) mass is 404 g/mol. The van der Waals surface area contributed by atoms with Crippen LogP contribution in [0.1, 0.15) is 72.1 Å². The van der Waals surface area contributed by atoms with Crippen molar-refractivity contribution in [2.24, 2.45) is 28.6 Å². The zero-order chi connectivity index (χ0) is 19.1. The Morgan fingerprint density at radius 2 is 1.58 bits per heavy atom. The van der Waals surface area contributed by atoms with E-state index in [1.807, 2.05) is 0 Å². The van der Waals surface area contributed by atoms with Crippen LogP contribution < -0.4 is 0 Å². The number of hydrogen-bond donors (Lipinski definition) is 3. The van der Waals surface area contributed by atoms with E-state index in [9.17, 15) is 15.3 Å². The molecule has 0 amide bonds. The van der Waals surface area contributed by atoms with Crippen molar-refractivity contribution in [3.63, 3.8) is 0 Å². The lowest BCUT2D eigenvalue weighted by molar-refractivity contribution is -0.182. The molecule has 0 saturated heterocycles. The highest BCUT2D eigenvalue weighted by molar-refractivity contribution is 6.33. The van der Waals surface area contributed by atoms with E-state index in [0.29, 0.717) is 30.6 Å². The summed E-state index contributed by atoms with van der Waals surface area (Å²) in [6, 6.07) is 0. The average Bonchev–Trinajstić information content (AvgIpc) is 2.84. The maximum absolute atomic E-state index is 11.3. The Kier molecular flexibility index (Phi) is 4.55. The summed E-state index contributed by atoms with van der Waals surface area (Å²) < 4.78 is 0. The molecular formula is C21H34Cl2O3. The lowest BCUT2D eigenvalue weighted by atomic mass is 9.43. The van der Waals surface area contributed by atoms with Crippen LogP contribution in [0.2, 0.25) is 0 Å². The van der Waals surface area contributed by atoms with Gasteiger partial charge in [0.2, 0.25) is 0 Å². The Morgan fingerprint density at radius 1 is 1.00 bits per heavy atom. The van der Waals surface area contributed by atoms with E-state index in [0.717, 1.165) is 38.5 Å². The first kappa shape index (κ1) is 19.8. The minimum atomic E-state index is -0.996. The van der Waals surface area contributed by atoms with Crippen molar-refractivity contribution in [2.45, 2.75) is 100 Å². The van der Waals surface area contributed by atoms with Crippen molar-refractivity contribution in [3.05, 3.63) is 0 Å². The van der Waals surface area contributed by atoms with Gasteiger partial charge in [-0.15, -0.1) is 23.2 Å². The third-order valence-corrected chi connectivity index (χ3v) is 11.1. The molecule has 0 bridgehead atoms. The van der Waals surface area contributed by atoms with Crippen LogP contribution in [0.4, 0.5) is 0 Å². The maximum atomic E-state index is 11.3. The lowest BCUT2D eigenvalue weighted by Crippen LogP contribution is -2.66. The third-order valence-electron chi connectivity index (χ3n) is 9.62. The van der Waals surface area contributed by atoms with Crippen LogP contribution >= 0.6 is 23.2 Å². The summed E-state index contributed by atoms with van der Waals surface area (Å²) in [5.74, 6) is 1.31. The van der Waals surface area contributed by atoms with Crippen molar-refractivity contribution in [2.75, 3.05) is 0 Å². The fourth-order valence-electron chi connectivity index (χ4n) is 7.90. The molecule has 0 aliphatic heterocycles. The van der Waals surface area contributed by atoms with Gasteiger partial charge in [-0.05, 0) is 81.5 Å². The fourth-order valence-corrected chi connectivity index (χ4v) is 8.95. The summed E-state index contributed by atoms with van der Waals surface area (Å²) in [5.41, 5.74) is -1.32. The molecule has 0 aromatic carbocycles. The largest absolute Gasteiger partial charge is 0.393 e. The van der Waals surface area contributed by atoms with Crippen molar-refractivity contribution in [1.29, 1.82) is 0 Å². The maximum Gasteiger partial charge on any atom is 0.0958 e. The Balaban J connectivity index is 1.71. The number of halogens is 2. The molecule has 150 valence electrons. The second-order valence-corrected chi connectivity index (χ2v) is 11.6. The minimum Gasteiger partial charge on any atom is -0.393 e. The van der Waals surface area contributed by atoms with Crippen molar-refractivity contribution in [3.8, 4) is 0 Å². The molecule has 10 atom stereocenters. The van der Waals surface area contributed by atoms with Crippen LogP contribution in [0.25, 0.3) is 0 Å². The van der Waals surface area contributed by atoms with E-state index >= 15 is 0 Å². The number of rotatable bonds is 1. The predicted molar refractivity (Wildman–Crippen MR) is 104 cm³/mol. The van der Waals surface area contributed by atoms with Gasteiger partial charge in [-0.2, -0.15) is 0 Å². The lowest BCUT2D eigenvalue weighted by Gasteiger charge is -2.65. The van der Waals surface area contributed by atoms with Gasteiger partial charge in [0.05, 0.1) is 28.1 Å². The summed E-state index contributed by atoms with van der Waals surface area (Å²) in [7, 11) is 0. The summed E-state index contributed by atoms with van der Waals surface area (Å²) in [4.78, 5) is -0.541. The number of aliphatic hydroxyl groups is 3. The van der Waals surface area contributed by atoms with Crippen LogP contribution in [0, 0.1) is 28.6 Å². The fraction of sp³-hybridized carbons (Fsp3) is 1.00. The molecule has 0 heterocycles. The Bertz CT molecular complexity index is 586. The van der Waals surface area contributed by atoms with E-state index in [1.54, 1.807) is 6.92 Å². The second-order valence-electron chi connectivity index (χ2n) is 10.4.